The predicted octanol–water partition coefficient (Wildman–Crippen LogP) is 2.67. The molecule has 0 aromatic heterocycles. The summed E-state index contributed by atoms with van der Waals surface area (Å²) < 4.78 is 0.827. The van der Waals surface area contributed by atoms with E-state index in [-0.39, 0.29) is 19.1 Å². The molecule has 2 aromatic rings. The third-order valence-electron chi connectivity index (χ3n) is 2.87. The molecule has 0 aliphatic heterocycles. The number of carbonyl (C=O) groups excluding carboxylic acids is 1. The van der Waals surface area contributed by atoms with E-state index in [1.807, 2.05) is 12.1 Å². The van der Waals surface area contributed by atoms with Gasteiger partial charge in [0.15, 0.2) is 0 Å². The van der Waals surface area contributed by atoms with E-state index in [0.717, 1.165) is 4.47 Å². The van der Waals surface area contributed by atoms with E-state index in [9.17, 15) is 9.90 Å². The highest BCUT2D eigenvalue weighted by atomic mass is 79.9. The molecule has 0 saturated carbocycles. The number of benzene rings is 2. The van der Waals surface area contributed by atoms with Crippen molar-refractivity contribution >= 4 is 33.2 Å². The van der Waals surface area contributed by atoms with Crippen LogP contribution >= 0.6 is 15.9 Å². The van der Waals surface area contributed by atoms with Crippen LogP contribution in [0.15, 0.2) is 53.0 Å². The Morgan fingerprint density at radius 1 is 1.20 bits per heavy atom. The minimum absolute atomic E-state index is 0.131. The number of rotatable bonds is 4. The zero-order chi connectivity index (χ0) is 14.5. The molecule has 0 saturated heterocycles. The van der Waals surface area contributed by atoms with Gasteiger partial charge in [0.05, 0.1) is 18.0 Å². The van der Waals surface area contributed by atoms with Crippen LogP contribution in [0.3, 0.4) is 0 Å². The van der Waals surface area contributed by atoms with Crippen LogP contribution in [0.2, 0.25) is 0 Å². The summed E-state index contributed by atoms with van der Waals surface area (Å²) in [5.74, 6) is -0.196. The van der Waals surface area contributed by atoms with Crippen molar-refractivity contribution in [1.29, 1.82) is 0 Å². The van der Waals surface area contributed by atoms with Gasteiger partial charge in [-0.3, -0.25) is 4.79 Å². The fraction of sp³-hybridized carbons (Fsp3) is 0.133. The van der Waals surface area contributed by atoms with Crippen molar-refractivity contribution in [2.45, 2.75) is 0 Å². The van der Waals surface area contributed by atoms with Gasteiger partial charge in [0, 0.05) is 16.6 Å². The molecule has 0 aliphatic rings. The minimum Gasteiger partial charge on any atom is -0.397 e. The van der Waals surface area contributed by atoms with Gasteiger partial charge in [-0.1, -0.05) is 34.1 Å². The van der Waals surface area contributed by atoms with Gasteiger partial charge in [-0.2, -0.15) is 0 Å². The number of anilines is 2. The number of carbonyl (C=O) groups is 1. The molecule has 2 rings (SSSR count). The zero-order valence-electron chi connectivity index (χ0n) is 10.8. The lowest BCUT2D eigenvalue weighted by Gasteiger charge is -2.23. The number of nitrogens with zero attached hydrogens (tertiary/aromatic N) is 1. The van der Waals surface area contributed by atoms with Gasteiger partial charge in [0.2, 0.25) is 0 Å². The van der Waals surface area contributed by atoms with Crippen LogP contribution in [0.25, 0.3) is 0 Å². The van der Waals surface area contributed by atoms with E-state index in [2.05, 4.69) is 15.9 Å². The number of hydrogen-bond acceptors (Lipinski definition) is 3. The molecule has 0 unspecified atom stereocenters. The number of nitrogen functional groups attached to an aromatic ring is 1. The van der Waals surface area contributed by atoms with Crippen LogP contribution in [-0.4, -0.2) is 24.2 Å². The Morgan fingerprint density at radius 2 is 1.95 bits per heavy atom. The first-order valence-electron chi connectivity index (χ1n) is 6.16. The summed E-state index contributed by atoms with van der Waals surface area (Å²) >= 11 is 3.34. The van der Waals surface area contributed by atoms with Gasteiger partial charge in [-0.15, -0.1) is 0 Å². The summed E-state index contributed by atoms with van der Waals surface area (Å²) in [7, 11) is 0. The molecule has 0 aliphatic carbocycles. The number of nitrogens with two attached hydrogens (primary N) is 1. The fourth-order valence-electron chi connectivity index (χ4n) is 1.94. The van der Waals surface area contributed by atoms with Gasteiger partial charge in [-0.05, 0) is 30.3 Å². The second-order valence-corrected chi connectivity index (χ2v) is 5.17. The van der Waals surface area contributed by atoms with Gasteiger partial charge in [0.25, 0.3) is 5.91 Å². The van der Waals surface area contributed by atoms with Crippen LogP contribution in [-0.2, 0) is 0 Å². The summed E-state index contributed by atoms with van der Waals surface area (Å²) in [6.45, 7) is 0.0631. The Bertz CT molecular complexity index is 616. The minimum atomic E-state index is -0.196. The van der Waals surface area contributed by atoms with Gasteiger partial charge in [-0.25, -0.2) is 0 Å². The smallest absolute Gasteiger partial charge is 0.258 e. The van der Waals surface area contributed by atoms with Gasteiger partial charge >= 0.3 is 0 Å². The maximum Gasteiger partial charge on any atom is 0.258 e. The SMILES string of the molecule is Nc1ccccc1N(CCO)C(=O)c1cccc(Br)c1. The molecule has 0 spiro atoms. The zero-order valence-corrected chi connectivity index (χ0v) is 12.4. The van der Waals surface area contributed by atoms with E-state index in [0.29, 0.717) is 16.9 Å². The topological polar surface area (TPSA) is 66.6 Å². The molecule has 104 valence electrons. The molecule has 0 radical (unpaired) electrons. The number of para-hydroxylation sites is 2. The number of halogens is 1. The van der Waals surface area contributed by atoms with E-state index in [4.69, 9.17) is 5.73 Å². The van der Waals surface area contributed by atoms with Gasteiger partial charge < -0.3 is 15.7 Å². The first kappa shape index (κ1) is 14.6. The van der Waals surface area contributed by atoms with Crippen LogP contribution in [0, 0.1) is 0 Å². The standard InChI is InChI=1S/C15H15BrN2O2/c16-12-5-3-4-11(10-12)15(20)18(8-9-19)14-7-2-1-6-13(14)17/h1-7,10,19H,8-9,17H2. The van der Waals surface area contributed by atoms with Crippen molar-refractivity contribution in [3.63, 3.8) is 0 Å². The summed E-state index contributed by atoms with van der Waals surface area (Å²) in [6, 6.07) is 14.2. The molecule has 5 heteroatoms. The molecule has 2 aromatic carbocycles. The van der Waals surface area contributed by atoms with Crippen molar-refractivity contribution in [1.82, 2.24) is 0 Å². The maximum absolute atomic E-state index is 12.6. The third kappa shape index (κ3) is 3.18. The van der Waals surface area contributed by atoms with Crippen molar-refractivity contribution in [3.8, 4) is 0 Å². The van der Waals surface area contributed by atoms with Crippen LogP contribution in [0.4, 0.5) is 11.4 Å². The molecule has 0 heterocycles. The second-order valence-electron chi connectivity index (χ2n) is 4.25. The van der Waals surface area contributed by atoms with Crippen molar-refractivity contribution in [2.75, 3.05) is 23.8 Å². The first-order valence-corrected chi connectivity index (χ1v) is 6.95. The Hall–Kier alpha value is -1.85. The quantitative estimate of drug-likeness (QED) is 0.844. The molecule has 20 heavy (non-hydrogen) atoms. The lowest BCUT2D eigenvalue weighted by molar-refractivity contribution is 0.0981. The van der Waals surface area contributed by atoms with E-state index < -0.39 is 0 Å². The third-order valence-corrected chi connectivity index (χ3v) is 3.36. The summed E-state index contributed by atoms with van der Waals surface area (Å²) in [5, 5.41) is 9.20. The average Bonchev–Trinajstić information content (AvgIpc) is 2.45. The predicted molar refractivity (Wildman–Crippen MR) is 83.8 cm³/mol. The number of amides is 1. The van der Waals surface area contributed by atoms with Crippen LogP contribution in [0.5, 0.6) is 0 Å². The molecule has 0 bridgehead atoms. The van der Waals surface area contributed by atoms with Gasteiger partial charge in [0.1, 0.15) is 0 Å². The molecule has 4 nitrogen and oxygen atoms in total. The Kier molecular flexibility index (Phi) is 4.76. The maximum atomic E-state index is 12.6. The molecule has 0 atom stereocenters. The average molecular weight is 335 g/mol. The molecule has 0 fully saturated rings. The van der Waals surface area contributed by atoms with E-state index in [1.54, 1.807) is 36.4 Å². The number of aliphatic hydroxyl groups excluding tert-OH is 1. The van der Waals surface area contributed by atoms with Crippen molar-refractivity contribution in [3.05, 3.63) is 58.6 Å². The highest BCUT2D eigenvalue weighted by Crippen LogP contribution is 2.24. The monoisotopic (exact) mass is 334 g/mol. The summed E-state index contributed by atoms with van der Waals surface area (Å²) in [4.78, 5) is 14.1. The largest absolute Gasteiger partial charge is 0.397 e. The lowest BCUT2D eigenvalue weighted by Crippen LogP contribution is -2.34. The van der Waals surface area contributed by atoms with Crippen molar-refractivity contribution < 1.29 is 9.90 Å². The van der Waals surface area contributed by atoms with Crippen molar-refractivity contribution in [2.24, 2.45) is 0 Å². The van der Waals surface area contributed by atoms with Crippen LogP contribution < -0.4 is 10.6 Å². The normalized spacial score (nSPS) is 10.3. The Morgan fingerprint density at radius 3 is 2.60 bits per heavy atom. The molecular weight excluding hydrogens is 320 g/mol. The van der Waals surface area contributed by atoms with Crippen LogP contribution in [0.1, 0.15) is 10.4 Å². The van der Waals surface area contributed by atoms with E-state index >= 15 is 0 Å². The summed E-state index contributed by atoms with van der Waals surface area (Å²) in [5.41, 5.74) is 7.56. The highest BCUT2D eigenvalue weighted by molar-refractivity contribution is 9.10. The Balaban J connectivity index is 2.39. The number of aliphatic hydroxyl groups is 1. The lowest BCUT2D eigenvalue weighted by atomic mass is 10.1. The fourth-order valence-corrected chi connectivity index (χ4v) is 2.34. The number of hydrogen-bond donors (Lipinski definition) is 2. The molecular formula is C15H15BrN2O2. The Labute approximate surface area is 126 Å². The van der Waals surface area contributed by atoms with E-state index in [1.165, 1.54) is 4.90 Å². The second kappa shape index (κ2) is 6.54. The summed E-state index contributed by atoms with van der Waals surface area (Å²) in [6.07, 6.45) is 0. The molecule has 1 amide bonds. The first-order chi connectivity index (χ1) is 9.63. The molecule has 3 N–H and O–H groups in total. The highest BCUT2D eigenvalue weighted by Gasteiger charge is 2.19.